The molecule has 0 aromatic heterocycles. The Bertz CT molecular complexity index is 969. The standard InChI is InChI=1S/C22H22F3N3O2/c23-16-6-7-18(24)17(8-16)14-9-22(13-29,15-4-2-1-3-5-15)28(12-14)21(30)27-20-11-26-10-19(20)25/h1-9,19-20,26,29H,10-13H2,(H,27,30)/t19-,20+,22+/m0/s1. The number of halogens is 3. The number of alkyl halides is 1. The van der Waals surface area contributed by atoms with Crippen LogP contribution in [0.15, 0.2) is 54.6 Å². The van der Waals surface area contributed by atoms with Crippen LogP contribution in [-0.4, -0.2) is 54.5 Å². The molecule has 1 fully saturated rings. The number of hydrogen-bond donors (Lipinski definition) is 3. The Morgan fingerprint density at radius 1 is 1.20 bits per heavy atom. The molecular weight excluding hydrogens is 395 g/mol. The summed E-state index contributed by atoms with van der Waals surface area (Å²) < 4.78 is 42.2. The fraction of sp³-hybridized carbons (Fsp3) is 0.318. The average Bonchev–Trinajstić information content (AvgIpc) is 3.35. The van der Waals surface area contributed by atoms with Gasteiger partial charge in [0, 0.05) is 25.2 Å². The molecule has 5 nitrogen and oxygen atoms in total. The number of hydrogen-bond acceptors (Lipinski definition) is 3. The Labute approximate surface area is 172 Å². The lowest BCUT2D eigenvalue weighted by Gasteiger charge is -2.37. The van der Waals surface area contributed by atoms with Gasteiger partial charge in [-0.2, -0.15) is 0 Å². The topological polar surface area (TPSA) is 64.6 Å². The minimum atomic E-state index is -1.29. The maximum atomic E-state index is 14.4. The smallest absolute Gasteiger partial charge is 0.319 e. The fourth-order valence-corrected chi connectivity index (χ4v) is 4.10. The minimum Gasteiger partial charge on any atom is -0.393 e. The van der Waals surface area contributed by atoms with Crippen molar-refractivity contribution in [2.75, 3.05) is 26.2 Å². The molecule has 3 atom stereocenters. The lowest BCUT2D eigenvalue weighted by molar-refractivity contribution is 0.101. The van der Waals surface area contributed by atoms with Crippen LogP contribution < -0.4 is 10.6 Å². The lowest BCUT2D eigenvalue weighted by atomic mass is 9.89. The molecule has 2 aromatic carbocycles. The van der Waals surface area contributed by atoms with Crippen LogP contribution in [0.3, 0.4) is 0 Å². The number of carbonyl (C=O) groups excluding carboxylic acids is 1. The van der Waals surface area contributed by atoms with E-state index >= 15 is 0 Å². The molecule has 4 rings (SSSR count). The molecule has 0 radical (unpaired) electrons. The number of urea groups is 1. The van der Waals surface area contributed by atoms with Crippen LogP contribution in [0.4, 0.5) is 18.0 Å². The molecule has 2 aliphatic heterocycles. The first-order chi connectivity index (χ1) is 14.4. The SMILES string of the molecule is O=C(N[C@@H]1CNC[C@@H]1F)N1CC(c2cc(F)ccc2F)=C[C@@]1(CO)c1ccccc1. The first-order valence-electron chi connectivity index (χ1n) is 9.71. The molecule has 3 N–H and O–H groups in total. The zero-order valence-corrected chi connectivity index (χ0v) is 16.1. The van der Waals surface area contributed by atoms with E-state index < -0.39 is 42.0 Å². The molecule has 158 valence electrons. The van der Waals surface area contributed by atoms with Crippen molar-refractivity contribution in [1.29, 1.82) is 0 Å². The van der Waals surface area contributed by atoms with Crippen LogP contribution in [0.1, 0.15) is 11.1 Å². The summed E-state index contributed by atoms with van der Waals surface area (Å²) in [5.41, 5.74) is -0.306. The van der Waals surface area contributed by atoms with Gasteiger partial charge in [0.15, 0.2) is 0 Å². The molecule has 2 heterocycles. The molecule has 2 amide bonds. The van der Waals surface area contributed by atoms with Crippen molar-refractivity contribution in [3.63, 3.8) is 0 Å². The predicted molar refractivity (Wildman–Crippen MR) is 106 cm³/mol. The quantitative estimate of drug-likeness (QED) is 0.717. The van der Waals surface area contributed by atoms with E-state index in [9.17, 15) is 23.1 Å². The van der Waals surface area contributed by atoms with Gasteiger partial charge in [-0.15, -0.1) is 0 Å². The monoisotopic (exact) mass is 417 g/mol. The van der Waals surface area contributed by atoms with Crippen molar-refractivity contribution in [2.24, 2.45) is 0 Å². The van der Waals surface area contributed by atoms with E-state index in [-0.39, 0.29) is 25.2 Å². The summed E-state index contributed by atoms with van der Waals surface area (Å²) in [6, 6.07) is 10.6. The molecule has 0 bridgehead atoms. The van der Waals surface area contributed by atoms with Crippen LogP contribution in [0.5, 0.6) is 0 Å². The second-order valence-electron chi connectivity index (χ2n) is 7.56. The van der Waals surface area contributed by atoms with Crippen molar-refractivity contribution in [1.82, 2.24) is 15.5 Å². The number of amides is 2. The molecule has 1 saturated heterocycles. The minimum absolute atomic E-state index is 0.0185. The Morgan fingerprint density at radius 3 is 2.63 bits per heavy atom. The van der Waals surface area contributed by atoms with E-state index in [0.29, 0.717) is 11.1 Å². The number of benzene rings is 2. The molecule has 8 heteroatoms. The van der Waals surface area contributed by atoms with Crippen molar-refractivity contribution in [3.8, 4) is 0 Å². The third-order valence-corrected chi connectivity index (χ3v) is 5.71. The number of aliphatic hydroxyl groups excluding tert-OH is 1. The molecular formula is C22H22F3N3O2. The summed E-state index contributed by atoms with van der Waals surface area (Å²) >= 11 is 0. The average molecular weight is 417 g/mol. The normalized spacial score (nSPS) is 26.0. The summed E-state index contributed by atoms with van der Waals surface area (Å²) in [4.78, 5) is 14.5. The van der Waals surface area contributed by atoms with E-state index in [1.165, 1.54) is 4.90 Å². The number of aliphatic hydroxyl groups is 1. The largest absolute Gasteiger partial charge is 0.393 e. The Kier molecular flexibility index (Phi) is 5.53. The third-order valence-electron chi connectivity index (χ3n) is 5.71. The highest BCUT2D eigenvalue weighted by atomic mass is 19.1. The first-order valence-corrected chi connectivity index (χ1v) is 9.71. The molecule has 2 aromatic rings. The van der Waals surface area contributed by atoms with Gasteiger partial charge in [-0.25, -0.2) is 18.0 Å². The van der Waals surface area contributed by atoms with E-state index in [1.807, 2.05) is 0 Å². The zero-order chi connectivity index (χ0) is 21.3. The van der Waals surface area contributed by atoms with Crippen LogP contribution in [-0.2, 0) is 5.54 Å². The van der Waals surface area contributed by atoms with Crippen molar-refractivity contribution in [3.05, 3.63) is 77.4 Å². The maximum absolute atomic E-state index is 14.4. The van der Waals surface area contributed by atoms with Crippen LogP contribution >= 0.6 is 0 Å². The highest BCUT2D eigenvalue weighted by molar-refractivity contribution is 5.83. The first kappa shape index (κ1) is 20.4. The second kappa shape index (κ2) is 8.12. The summed E-state index contributed by atoms with van der Waals surface area (Å²) in [5.74, 6) is -1.24. The van der Waals surface area contributed by atoms with E-state index in [2.05, 4.69) is 10.6 Å². The van der Waals surface area contributed by atoms with Gasteiger partial charge in [-0.1, -0.05) is 30.3 Å². The van der Waals surface area contributed by atoms with Gasteiger partial charge in [-0.3, -0.25) is 0 Å². The maximum Gasteiger partial charge on any atom is 0.319 e. The number of carbonyl (C=O) groups is 1. The zero-order valence-electron chi connectivity index (χ0n) is 16.1. The fourth-order valence-electron chi connectivity index (χ4n) is 4.10. The predicted octanol–water partition coefficient (Wildman–Crippen LogP) is 2.57. The Morgan fingerprint density at radius 2 is 1.97 bits per heavy atom. The highest BCUT2D eigenvalue weighted by Crippen LogP contribution is 2.40. The Hall–Kier alpha value is -2.84. The van der Waals surface area contributed by atoms with Crippen LogP contribution in [0.25, 0.3) is 5.57 Å². The summed E-state index contributed by atoms with van der Waals surface area (Å²) in [7, 11) is 0. The lowest BCUT2D eigenvalue weighted by Crippen LogP contribution is -2.55. The summed E-state index contributed by atoms with van der Waals surface area (Å²) in [5, 5.41) is 15.9. The highest BCUT2D eigenvalue weighted by Gasteiger charge is 2.45. The molecule has 0 aliphatic carbocycles. The van der Waals surface area contributed by atoms with Crippen LogP contribution in [0.2, 0.25) is 0 Å². The van der Waals surface area contributed by atoms with E-state index in [0.717, 1.165) is 18.2 Å². The molecule has 0 saturated carbocycles. The van der Waals surface area contributed by atoms with Gasteiger partial charge < -0.3 is 20.6 Å². The van der Waals surface area contributed by atoms with Crippen molar-refractivity contribution in [2.45, 2.75) is 17.8 Å². The van der Waals surface area contributed by atoms with Gasteiger partial charge >= 0.3 is 6.03 Å². The van der Waals surface area contributed by atoms with E-state index in [1.54, 1.807) is 36.4 Å². The molecule has 0 spiro atoms. The van der Waals surface area contributed by atoms with Crippen molar-refractivity contribution < 1.29 is 23.1 Å². The van der Waals surface area contributed by atoms with Crippen molar-refractivity contribution >= 4 is 11.6 Å². The van der Waals surface area contributed by atoms with Gasteiger partial charge in [0.05, 0.1) is 12.6 Å². The number of rotatable bonds is 4. The Balaban J connectivity index is 1.75. The number of nitrogens with zero attached hydrogens (tertiary/aromatic N) is 1. The van der Waals surface area contributed by atoms with Gasteiger partial charge in [-0.05, 0) is 35.4 Å². The molecule has 0 unspecified atom stereocenters. The summed E-state index contributed by atoms with van der Waals surface area (Å²) in [6.45, 7) is -0.116. The van der Waals surface area contributed by atoms with Gasteiger partial charge in [0.1, 0.15) is 23.3 Å². The second-order valence-corrected chi connectivity index (χ2v) is 7.56. The molecule has 2 aliphatic rings. The van der Waals surface area contributed by atoms with E-state index in [4.69, 9.17) is 0 Å². The van der Waals surface area contributed by atoms with Gasteiger partial charge in [0.25, 0.3) is 0 Å². The third kappa shape index (κ3) is 3.57. The van der Waals surface area contributed by atoms with Gasteiger partial charge in [0.2, 0.25) is 0 Å². The molecule has 30 heavy (non-hydrogen) atoms. The van der Waals surface area contributed by atoms with Crippen LogP contribution in [0, 0.1) is 11.6 Å². The number of nitrogens with one attached hydrogen (secondary N) is 2. The summed E-state index contributed by atoms with van der Waals surface area (Å²) in [6.07, 6.45) is 0.351.